The Bertz CT molecular complexity index is 1740. The van der Waals surface area contributed by atoms with Crippen molar-refractivity contribution in [3.05, 3.63) is 78.0 Å². The van der Waals surface area contributed by atoms with Crippen LogP contribution in [0.15, 0.2) is 55.0 Å². The van der Waals surface area contributed by atoms with Crippen molar-refractivity contribution in [1.29, 1.82) is 0 Å². The van der Waals surface area contributed by atoms with Gasteiger partial charge in [-0.15, -0.1) is 0 Å². The number of amides is 1. The maximum atomic E-state index is 14.7. The highest BCUT2D eigenvalue weighted by molar-refractivity contribution is 6.06. The Morgan fingerprint density at radius 1 is 1.05 bits per heavy atom. The Balaban J connectivity index is 1.29. The van der Waals surface area contributed by atoms with Gasteiger partial charge in [0.2, 0.25) is 5.91 Å². The van der Waals surface area contributed by atoms with Crippen LogP contribution in [0.2, 0.25) is 0 Å². The number of hydrogen-bond donors (Lipinski definition) is 1. The number of carbonyl (C=O) groups is 2. The Labute approximate surface area is 229 Å². The maximum Gasteiger partial charge on any atom is 0.245 e. The van der Waals surface area contributed by atoms with E-state index in [9.17, 15) is 14.0 Å². The van der Waals surface area contributed by atoms with E-state index in [1.165, 1.54) is 16.5 Å². The van der Waals surface area contributed by atoms with E-state index in [2.05, 4.69) is 30.0 Å². The van der Waals surface area contributed by atoms with Crippen LogP contribution in [0.4, 0.5) is 4.39 Å². The fourth-order valence-electron chi connectivity index (χ4n) is 5.15. The highest BCUT2D eigenvalue weighted by atomic mass is 19.1. The van der Waals surface area contributed by atoms with Crippen LogP contribution in [0.25, 0.3) is 33.4 Å². The normalized spacial score (nSPS) is 17.1. The molecule has 1 aliphatic rings. The number of Topliss-reactive ketones (excluding diaryl/α,β-unsaturated/α-hetero) is 1. The molecule has 1 aromatic carbocycles. The van der Waals surface area contributed by atoms with Crippen molar-refractivity contribution in [3.63, 3.8) is 0 Å². The second kappa shape index (κ2) is 10.1. The molecule has 0 spiro atoms. The van der Waals surface area contributed by atoms with Gasteiger partial charge in [0.25, 0.3) is 0 Å². The first-order chi connectivity index (χ1) is 19.3. The van der Waals surface area contributed by atoms with Crippen molar-refractivity contribution in [2.45, 2.75) is 46.0 Å². The minimum Gasteiger partial charge on any atom is -0.339 e. The molecule has 4 aromatic heterocycles. The zero-order valence-electron chi connectivity index (χ0n) is 22.3. The van der Waals surface area contributed by atoms with Crippen LogP contribution >= 0.6 is 0 Å². The molecule has 2 atom stereocenters. The average molecular weight is 539 g/mol. The summed E-state index contributed by atoms with van der Waals surface area (Å²) in [4.78, 5) is 48.2. The minimum absolute atomic E-state index is 0.0431. The summed E-state index contributed by atoms with van der Waals surface area (Å²) in [6.07, 6.45) is 4.06. The first kappa shape index (κ1) is 25.5. The number of ketones is 1. The van der Waals surface area contributed by atoms with E-state index in [4.69, 9.17) is 0 Å². The molecule has 0 radical (unpaired) electrons. The fraction of sp³-hybridized carbons (Fsp3) is 0.276. The van der Waals surface area contributed by atoms with Crippen molar-refractivity contribution >= 4 is 22.6 Å². The van der Waals surface area contributed by atoms with Crippen LogP contribution in [0.1, 0.15) is 47.2 Å². The van der Waals surface area contributed by atoms with Gasteiger partial charge in [-0.25, -0.2) is 19.3 Å². The number of carbonyl (C=O) groups excluding carboxylic acids is 2. The number of hydrogen-bond acceptors (Lipinski definition) is 7. The SMILES string of the molecule is CC(=O)c1nn(CC(=O)N2C[C@H](F)C[C@H]2c2ncc(-c3cccc(C)n3)[nH]2)c2ccc(-c3cnc(C)nc3)cc12. The van der Waals surface area contributed by atoms with Gasteiger partial charge in [0.1, 0.15) is 30.1 Å². The molecule has 202 valence electrons. The summed E-state index contributed by atoms with van der Waals surface area (Å²) in [5.74, 6) is 0.636. The molecule has 0 aliphatic carbocycles. The quantitative estimate of drug-likeness (QED) is 0.318. The van der Waals surface area contributed by atoms with Crippen LogP contribution in [0.3, 0.4) is 0 Å². The number of likely N-dealkylation sites (tertiary alicyclic amines) is 1. The summed E-state index contributed by atoms with van der Waals surface area (Å²) < 4.78 is 16.2. The molecular formula is C29H27FN8O2. The molecule has 0 unspecified atom stereocenters. The molecule has 0 saturated carbocycles. The lowest BCUT2D eigenvalue weighted by atomic mass is 10.0. The van der Waals surface area contributed by atoms with Gasteiger partial charge in [0.15, 0.2) is 5.78 Å². The van der Waals surface area contributed by atoms with E-state index in [0.717, 1.165) is 22.5 Å². The highest BCUT2D eigenvalue weighted by Gasteiger charge is 2.38. The van der Waals surface area contributed by atoms with Crippen molar-refractivity contribution < 1.29 is 14.0 Å². The van der Waals surface area contributed by atoms with E-state index in [0.29, 0.717) is 28.2 Å². The molecule has 1 amide bonds. The fourth-order valence-corrected chi connectivity index (χ4v) is 5.15. The molecule has 0 bridgehead atoms. The third-order valence-corrected chi connectivity index (χ3v) is 7.13. The van der Waals surface area contributed by atoms with Crippen LogP contribution in [-0.2, 0) is 11.3 Å². The monoisotopic (exact) mass is 538 g/mol. The summed E-state index contributed by atoms with van der Waals surface area (Å²) in [5, 5.41) is 5.11. The third-order valence-electron chi connectivity index (χ3n) is 7.13. The topological polar surface area (TPSA) is 123 Å². The van der Waals surface area contributed by atoms with Gasteiger partial charge in [0.05, 0.1) is 35.7 Å². The number of nitrogens with zero attached hydrogens (tertiary/aromatic N) is 7. The van der Waals surface area contributed by atoms with Gasteiger partial charge >= 0.3 is 0 Å². The molecule has 1 N–H and O–H groups in total. The molecule has 10 nitrogen and oxygen atoms in total. The van der Waals surface area contributed by atoms with Crippen molar-refractivity contribution in [1.82, 2.24) is 39.6 Å². The molecule has 5 aromatic rings. The van der Waals surface area contributed by atoms with Crippen molar-refractivity contribution in [2.24, 2.45) is 0 Å². The Morgan fingerprint density at radius 2 is 1.85 bits per heavy atom. The number of H-pyrrole nitrogens is 1. The molecule has 5 heterocycles. The number of alkyl halides is 1. The molecule has 40 heavy (non-hydrogen) atoms. The van der Waals surface area contributed by atoms with Gasteiger partial charge in [-0.2, -0.15) is 5.10 Å². The predicted octanol–water partition coefficient (Wildman–Crippen LogP) is 4.41. The first-order valence-electron chi connectivity index (χ1n) is 13.0. The smallest absolute Gasteiger partial charge is 0.245 e. The molecule has 11 heteroatoms. The first-order valence-corrected chi connectivity index (χ1v) is 13.0. The Kier molecular flexibility index (Phi) is 6.41. The molecule has 1 saturated heterocycles. The molecule has 1 aliphatic heterocycles. The second-order valence-corrected chi connectivity index (χ2v) is 10.1. The average Bonchev–Trinajstić information content (AvgIpc) is 3.66. The number of halogens is 1. The zero-order valence-corrected chi connectivity index (χ0v) is 22.3. The summed E-state index contributed by atoms with van der Waals surface area (Å²) >= 11 is 0. The lowest BCUT2D eigenvalue weighted by Gasteiger charge is -2.23. The van der Waals surface area contributed by atoms with E-state index in [-0.39, 0.29) is 36.9 Å². The van der Waals surface area contributed by atoms with Gasteiger partial charge < -0.3 is 9.88 Å². The van der Waals surface area contributed by atoms with Gasteiger partial charge in [-0.1, -0.05) is 12.1 Å². The highest BCUT2D eigenvalue weighted by Crippen LogP contribution is 2.34. The number of benzene rings is 1. The largest absolute Gasteiger partial charge is 0.339 e. The summed E-state index contributed by atoms with van der Waals surface area (Å²) in [6.45, 7) is 4.97. The van der Waals surface area contributed by atoms with Gasteiger partial charge in [-0.3, -0.25) is 19.3 Å². The lowest BCUT2D eigenvalue weighted by Crippen LogP contribution is -2.34. The summed E-state index contributed by atoms with van der Waals surface area (Å²) in [6, 6.07) is 10.7. The maximum absolute atomic E-state index is 14.7. The number of aromatic nitrogens is 7. The molecule has 6 rings (SSSR count). The van der Waals surface area contributed by atoms with E-state index < -0.39 is 12.2 Å². The zero-order chi connectivity index (χ0) is 28.0. The Hall–Kier alpha value is -4.80. The van der Waals surface area contributed by atoms with E-state index in [1.54, 1.807) is 18.6 Å². The molecule has 1 fully saturated rings. The number of pyridine rings is 1. The minimum atomic E-state index is -1.18. The number of imidazole rings is 1. The number of fused-ring (bicyclic) bond motifs is 1. The van der Waals surface area contributed by atoms with Crippen molar-refractivity contribution in [3.8, 4) is 22.5 Å². The molecular weight excluding hydrogens is 511 g/mol. The second-order valence-electron chi connectivity index (χ2n) is 10.1. The van der Waals surface area contributed by atoms with Crippen LogP contribution in [0.5, 0.6) is 0 Å². The summed E-state index contributed by atoms with van der Waals surface area (Å²) in [5.41, 5.74) is 4.82. The van der Waals surface area contributed by atoms with Gasteiger partial charge in [-0.05, 0) is 43.7 Å². The van der Waals surface area contributed by atoms with Crippen LogP contribution in [0, 0.1) is 13.8 Å². The predicted molar refractivity (Wildman–Crippen MR) is 146 cm³/mol. The number of aryl methyl sites for hydroxylation is 2. The van der Waals surface area contributed by atoms with E-state index in [1.807, 2.05) is 50.2 Å². The lowest BCUT2D eigenvalue weighted by molar-refractivity contribution is -0.133. The van der Waals surface area contributed by atoms with Gasteiger partial charge in [0, 0.05) is 42.4 Å². The number of rotatable bonds is 6. The van der Waals surface area contributed by atoms with Crippen LogP contribution < -0.4 is 0 Å². The number of nitrogens with one attached hydrogen (secondary N) is 1. The van der Waals surface area contributed by atoms with Crippen LogP contribution in [-0.4, -0.2) is 64.0 Å². The summed E-state index contributed by atoms with van der Waals surface area (Å²) in [7, 11) is 0. The Morgan fingerprint density at radius 3 is 2.60 bits per heavy atom. The standard InChI is InChI=1S/C29H27FN8O2/c1-16-5-4-6-23(34-16)24-13-33-29(35-24)26-10-21(30)14-37(26)27(40)15-38-25-8-7-19(20-11-31-18(3)32-12-20)9-22(25)28(36-38)17(2)39/h4-9,11-13,21,26H,10,14-15H2,1-3H3,(H,33,35)/t21-,26+/m1/s1. The third kappa shape index (κ3) is 4.74. The number of aromatic amines is 1. The van der Waals surface area contributed by atoms with Crippen molar-refractivity contribution in [2.75, 3.05) is 6.54 Å². The van der Waals surface area contributed by atoms with E-state index >= 15 is 0 Å².